The fourth-order valence-corrected chi connectivity index (χ4v) is 2.97. The highest BCUT2D eigenvalue weighted by Gasteiger charge is 2.21. The van der Waals surface area contributed by atoms with E-state index in [-0.39, 0.29) is 29.9 Å². The van der Waals surface area contributed by atoms with Gasteiger partial charge in [-0.05, 0) is 31.0 Å². The molecule has 0 amide bonds. The maximum atomic E-state index is 12.9. The van der Waals surface area contributed by atoms with Crippen LogP contribution in [0.4, 0.5) is 0 Å². The molecule has 1 heterocycles. The average Bonchev–Trinajstić information content (AvgIpc) is 2.67. The molecule has 0 aliphatic heterocycles. The quantitative estimate of drug-likeness (QED) is 0.504. The summed E-state index contributed by atoms with van der Waals surface area (Å²) in [5.74, 6) is -0.214. The van der Waals surface area contributed by atoms with E-state index in [2.05, 4.69) is 19.2 Å². The highest BCUT2D eigenvalue weighted by molar-refractivity contribution is 5.98. The molecule has 1 aromatic heterocycles. The molecule has 4 nitrogen and oxygen atoms in total. The topological polar surface area (TPSA) is 59.3 Å². The predicted octanol–water partition coefficient (Wildman–Crippen LogP) is 4.50. The Bertz CT molecular complexity index is 946. The molecule has 0 radical (unpaired) electrons. The van der Waals surface area contributed by atoms with E-state index in [0.29, 0.717) is 5.58 Å². The summed E-state index contributed by atoms with van der Waals surface area (Å²) < 4.78 is 5.31. The Hall–Kier alpha value is -2.72. The van der Waals surface area contributed by atoms with Crippen LogP contribution in [0.5, 0.6) is 0 Å². The lowest BCUT2D eigenvalue weighted by atomic mass is 9.97. The maximum Gasteiger partial charge on any atom is 0.347 e. The van der Waals surface area contributed by atoms with Gasteiger partial charge in [-0.15, -0.1) is 0 Å². The summed E-state index contributed by atoms with van der Waals surface area (Å²) in [6.45, 7) is 4.18. The molecule has 26 heavy (non-hydrogen) atoms. The van der Waals surface area contributed by atoms with E-state index in [9.17, 15) is 9.59 Å². The number of hydrogen-bond donors (Lipinski definition) is 1. The molecule has 134 valence electrons. The summed E-state index contributed by atoms with van der Waals surface area (Å²) >= 11 is 0. The smallest absolute Gasteiger partial charge is 0.347 e. The van der Waals surface area contributed by atoms with Crippen LogP contribution < -0.4 is 10.9 Å². The molecule has 1 N–H and O–H groups in total. The van der Waals surface area contributed by atoms with Crippen molar-refractivity contribution in [1.82, 2.24) is 5.32 Å². The molecular formula is C22H23NO3. The number of Topliss-reactive ketones (excluding diaryl/α,β-unsaturated/α-hetero) is 1. The van der Waals surface area contributed by atoms with Gasteiger partial charge in [-0.2, -0.15) is 0 Å². The van der Waals surface area contributed by atoms with Crippen molar-refractivity contribution in [2.75, 3.05) is 0 Å². The number of carbonyl (C=O) groups is 1. The number of para-hydroxylation sites is 1. The zero-order chi connectivity index (χ0) is 18.5. The fraction of sp³-hybridized carbons (Fsp3) is 0.273. The van der Waals surface area contributed by atoms with Crippen molar-refractivity contribution in [3.8, 4) is 0 Å². The Morgan fingerprint density at radius 2 is 1.77 bits per heavy atom. The maximum absolute atomic E-state index is 12.9. The van der Waals surface area contributed by atoms with Gasteiger partial charge in [0.05, 0.1) is 0 Å². The molecule has 0 spiro atoms. The Labute approximate surface area is 152 Å². The second-order valence-electron chi connectivity index (χ2n) is 6.55. The third-order valence-corrected chi connectivity index (χ3v) is 4.63. The predicted molar refractivity (Wildman–Crippen MR) is 104 cm³/mol. The first kappa shape index (κ1) is 18.1. The third-order valence-electron chi connectivity index (χ3n) is 4.63. The minimum absolute atomic E-state index is 0.107. The van der Waals surface area contributed by atoms with Crippen molar-refractivity contribution in [2.24, 2.45) is 0 Å². The third kappa shape index (κ3) is 4.09. The van der Waals surface area contributed by atoms with Crippen LogP contribution in [0, 0.1) is 0 Å². The van der Waals surface area contributed by atoms with Crippen LogP contribution >= 0.6 is 0 Å². The van der Waals surface area contributed by atoms with E-state index in [0.717, 1.165) is 17.4 Å². The SMILES string of the molecule is CC[C@@H](C)N[C@H](CC(=O)c1cc2ccccc2oc1=O)c1ccccc1. The minimum atomic E-state index is -0.580. The van der Waals surface area contributed by atoms with Gasteiger partial charge < -0.3 is 9.73 Å². The molecule has 4 heteroatoms. The number of nitrogens with one attached hydrogen (secondary N) is 1. The van der Waals surface area contributed by atoms with Crippen LogP contribution in [0.1, 0.15) is 48.7 Å². The molecular weight excluding hydrogens is 326 g/mol. The Morgan fingerprint density at radius 1 is 1.08 bits per heavy atom. The summed E-state index contributed by atoms with van der Waals surface area (Å²) in [6.07, 6.45) is 1.16. The molecule has 0 bridgehead atoms. The highest BCUT2D eigenvalue weighted by Crippen LogP contribution is 2.21. The van der Waals surface area contributed by atoms with Gasteiger partial charge >= 0.3 is 5.63 Å². The number of hydrogen-bond acceptors (Lipinski definition) is 4. The summed E-state index contributed by atoms with van der Waals surface area (Å²) in [7, 11) is 0. The fourth-order valence-electron chi connectivity index (χ4n) is 2.97. The van der Waals surface area contributed by atoms with Crippen LogP contribution in [-0.4, -0.2) is 11.8 Å². The standard InChI is InChI=1S/C22H23NO3/c1-3-15(2)23-19(16-9-5-4-6-10-16)14-20(24)18-13-17-11-7-8-12-21(17)26-22(18)25/h4-13,15,19,23H,3,14H2,1-2H3/t15-,19-/m1/s1. The normalized spacial score (nSPS) is 13.5. The zero-order valence-corrected chi connectivity index (χ0v) is 15.1. The van der Waals surface area contributed by atoms with Crippen molar-refractivity contribution in [1.29, 1.82) is 0 Å². The van der Waals surface area contributed by atoms with Gasteiger partial charge in [-0.25, -0.2) is 4.79 Å². The lowest BCUT2D eigenvalue weighted by Crippen LogP contribution is -2.32. The first-order valence-corrected chi connectivity index (χ1v) is 8.95. The van der Waals surface area contributed by atoms with Crippen molar-refractivity contribution >= 4 is 16.8 Å². The van der Waals surface area contributed by atoms with Gasteiger partial charge in [0.25, 0.3) is 0 Å². The molecule has 0 aliphatic carbocycles. The van der Waals surface area contributed by atoms with Crippen LogP contribution in [0.25, 0.3) is 11.0 Å². The summed E-state index contributed by atoms with van der Waals surface area (Å²) in [5, 5.41) is 4.24. The average molecular weight is 349 g/mol. The van der Waals surface area contributed by atoms with Crippen molar-refractivity contribution < 1.29 is 9.21 Å². The van der Waals surface area contributed by atoms with Crippen LogP contribution in [0.15, 0.2) is 69.9 Å². The number of benzene rings is 2. The van der Waals surface area contributed by atoms with Gasteiger partial charge in [-0.1, -0.05) is 55.5 Å². The van der Waals surface area contributed by atoms with E-state index in [1.165, 1.54) is 0 Å². The van der Waals surface area contributed by atoms with Crippen molar-refractivity contribution in [3.63, 3.8) is 0 Å². The lowest BCUT2D eigenvalue weighted by molar-refractivity contribution is 0.0963. The van der Waals surface area contributed by atoms with E-state index in [1.54, 1.807) is 18.2 Å². The van der Waals surface area contributed by atoms with E-state index >= 15 is 0 Å². The van der Waals surface area contributed by atoms with Crippen LogP contribution in [0.2, 0.25) is 0 Å². The van der Waals surface area contributed by atoms with E-state index < -0.39 is 5.63 Å². The molecule has 0 saturated carbocycles. The zero-order valence-electron chi connectivity index (χ0n) is 15.1. The Balaban J connectivity index is 1.90. The minimum Gasteiger partial charge on any atom is -0.422 e. The number of fused-ring (bicyclic) bond motifs is 1. The molecule has 2 atom stereocenters. The highest BCUT2D eigenvalue weighted by atomic mass is 16.4. The lowest BCUT2D eigenvalue weighted by Gasteiger charge is -2.22. The van der Waals surface area contributed by atoms with Crippen LogP contribution in [-0.2, 0) is 0 Å². The van der Waals surface area contributed by atoms with Gasteiger partial charge in [0.15, 0.2) is 5.78 Å². The molecule has 0 fully saturated rings. The number of ketones is 1. The first-order chi connectivity index (χ1) is 12.6. The molecule has 0 unspecified atom stereocenters. The van der Waals surface area contributed by atoms with Gasteiger partial charge in [0.1, 0.15) is 11.1 Å². The summed E-state index contributed by atoms with van der Waals surface area (Å²) in [4.78, 5) is 25.1. The van der Waals surface area contributed by atoms with Crippen molar-refractivity contribution in [2.45, 2.75) is 38.8 Å². The van der Waals surface area contributed by atoms with Gasteiger partial charge in [0, 0.05) is 23.9 Å². The van der Waals surface area contributed by atoms with Gasteiger partial charge in [0.2, 0.25) is 0 Å². The summed E-state index contributed by atoms with van der Waals surface area (Å²) in [6, 6.07) is 18.8. The molecule has 0 saturated heterocycles. The molecule has 0 aliphatic rings. The molecule has 3 aromatic rings. The first-order valence-electron chi connectivity index (χ1n) is 8.95. The van der Waals surface area contributed by atoms with Crippen LogP contribution in [0.3, 0.4) is 0 Å². The molecule has 2 aromatic carbocycles. The number of rotatable bonds is 7. The Morgan fingerprint density at radius 3 is 2.50 bits per heavy atom. The monoisotopic (exact) mass is 349 g/mol. The van der Waals surface area contributed by atoms with E-state index in [1.807, 2.05) is 42.5 Å². The number of carbonyl (C=O) groups excluding carboxylic acids is 1. The Kier molecular flexibility index (Phi) is 5.64. The van der Waals surface area contributed by atoms with Crippen molar-refractivity contribution in [3.05, 3.63) is 82.2 Å². The largest absolute Gasteiger partial charge is 0.422 e. The summed E-state index contributed by atoms with van der Waals surface area (Å²) in [5.41, 5.74) is 1.05. The second kappa shape index (κ2) is 8.11. The molecule has 3 rings (SSSR count). The second-order valence-corrected chi connectivity index (χ2v) is 6.55. The van der Waals surface area contributed by atoms with Gasteiger partial charge in [-0.3, -0.25) is 4.79 Å². The van der Waals surface area contributed by atoms with E-state index in [4.69, 9.17) is 4.42 Å².